The van der Waals surface area contributed by atoms with E-state index in [4.69, 9.17) is 16.7 Å². The van der Waals surface area contributed by atoms with E-state index in [0.29, 0.717) is 23.0 Å². The second-order valence-corrected chi connectivity index (χ2v) is 4.55. The third-order valence-electron chi connectivity index (χ3n) is 2.80. The number of benzene rings is 1. The van der Waals surface area contributed by atoms with Gasteiger partial charge in [0.1, 0.15) is 6.54 Å². The first-order chi connectivity index (χ1) is 9.24. The summed E-state index contributed by atoms with van der Waals surface area (Å²) in [5, 5.41) is 3.79. The molecule has 0 aliphatic carbocycles. The molecule has 0 radical (unpaired) electrons. The van der Waals surface area contributed by atoms with Crippen molar-refractivity contribution in [1.29, 1.82) is 0 Å². The summed E-state index contributed by atoms with van der Waals surface area (Å²) < 4.78 is 7.72. The smallest absolute Gasteiger partial charge is 0.246 e. The van der Waals surface area contributed by atoms with E-state index in [2.05, 4.69) is 15.1 Å². The number of H-pyrrole nitrogens is 1. The molecule has 2 aromatic heterocycles. The lowest BCUT2D eigenvalue weighted by Crippen LogP contribution is -2.02. The van der Waals surface area contributed by atoms with Crippen molar-refractivity contribution < 1.29 is 4.52 Å². The predicted molar refractivity (Wildman–Crippen MR) is 73.2 cm³/mol. The Bertz CT molecular complexity index is 741. The molecule has 3 aromatic rings. The van der Waals surface area contributed by atoms with Gasteiger partial charge in [0.25, 0.3) is 0 Å². The molecule has 96 valence electrons. The fourth-order valence-electron chi connectivity index (χ4n) is 1.94. The molecule has 0 aliphatic heterocycles. The number of hydrogen-bond donors (Lipinski definition) is 1. The summed E-state index contributed by atoms with van der Waals surface area (Å²) in [4.78, 5) is 7.25. The van der Waals surface area contributed by atoms with Crippen LogP contribution in [0.15, 0.2) is 41.1 Å². The first-order valence-corrected chi connectivity index (χ1v) is 6.27. The van der Waals surface area contributed by atoms with Crippen molar-refractivity contribution >= 4 is 12.2 Å². The number of aromatic nitrogens is 4. The maximum absolute atomic E-state index is 5.30. The zero-order valence-electron chi connectivity index (χ0n) is 10.3. The van der Waals surface area contributed by atoms with Crippen molar-refractivity contribution in [2.24, 2.45) is 0 Å². The molecule has 0 saturated heterocycles. The normalized spacial score (nSPS) is 10.8. The molecule has 1 N–H and O–H groups in total. The lowest BCUT2D eigenvalue weighted by atomic mass is 10.2. The van der Waals surface area contributed by atoms with Crippen molar-refractivity contribution in [3.8, 4) is 11.3 Å². The molecule has 0 bridgehead atoms. The predicted octanol–water partition coefficient (Wildman–Crippen LogP) is 2.95. The Labute approximate surface area is 114 Å². The summed E-state index contributed by atoms with van der Waals surface area (Å²) in [6, 6.07) is 10.0. The largest absolute Gasteiger partial charge is 0.337 e. The highest BCUT2D eigenvalue weighted by atomic mass is 32.1. The van der Waals surface area contributed by atoms with E-state index in [1.807, 2.05) is 41.1 Å². The molecule has 0 spiro atoms. The quantitative estimate of drug-likeness (QED) is 0.745. The van der Waals surface area contributed by atoms with Crippen LogP contribution in [0.5, 0.6) is 0 Å². The fraction of sp³-hybridized carbons (Fsp3) is 0.154. The van der Waals surface area contributed by atoms with Gasteiger partial charge in [0.05, 0.1) is 5.69 Å². The van der Waals surface area contributed by atoms with Gasteiger partial charge in [-0.3, -0.25) is 0 Å². The van der Waals surface area contributed by atoms with Gasteiger partial charge in [0.2, 0.25) is 5.89 Å². The van der Waals surface area contributed by atoms with E-state index < -0.39 is 0 Å². The van der Waals surface area contributed by atoms with Crippen molar-refractivity contribution in [2.45, 2.75) is 13.5 Å². The summed E-state index contributed by atoms with van der Waals surface area (Å²) >= 11 is 5.30. The molecule has 0 amide bonds. The second kappa shape index (κ2) is 4.81. The van der Waals surface area contributed by atoms with Crippen LogP contribution in [0, 0.1) is 11.7 Å². The van der Waals surface area contributed by atoms with Gasteiger partial charge in [-0.2, -0.15) is 4.98 Å². The standard InChI is InChI=1S/C13H12N4OS/c1-9-15-12(18-16-9)8-17-11(7-14-13(17)19)10-5-3-2-4-6-10/h2-7H,8H2,1H3,(H,14,19). The Morgan fingerprint density at radius 1 is 1.32 bits per heavy atom. The molecular weight excluding hydrogens is 260 g/mol. The van der Waals surface area contributed by atoms with E-state index in [1.165, 1.54) is 0 Å². The van der Waals surface area contributed by atoms with E-state index >= 15 is 0 Å². The zero-order chi connectivity index (χ0) is 13.2. The molecule has 0 saturated carbocycles. The summed E-state index contributed by atoms with van der Waals surface area (Å²) in [5.41, 5.74) is 2.09. The molecule has 2 heterocycles. The second-order valence-electron chi connectivity index (χ2n) is 4.17. The van der Waals surface area contributed by atoms with E-state index in [-0.39, 0.29) is 0 Å². The van der Waals surface area contributed by atoms with Gasteiger partial charge in [0, 0.05) is 6.20 Å². The summed E-state index contributed by atoms with van der Waals surface area (Å²) in [7, 11) is 0. The first-order valence-electron chi connectivity index (χ1n) is 5.87. The number of hydrogen-bond acceptors (Lipinski definition) is 4. The molecule has 0 fully saturated rings. The summed E-state index contributed by atoms with van der Waals surface area (Å²) in [5.74, 6) is 1.17. The lowest BCUT2D eigenvalue weighted by molar-refractivity contribution is 0.367. The van der Waals surface area contributed by atoms with Crippen molar-refractivity contribution in [3.05, 3.63) is 53.0 Å². The zero-order valence-corrected chi connectivity index (χ0v) is 11.1. The van der Waals surface area contributed by atoms with Crippen LogP contribution in [-0.4, -0.2) is 19.7 Å². The Hall–Kier alpha value is -2.21. The number of nitrogens with zero attached hydrogens (tertiary/aromatic N) is 3. The van der Waals surface area contributed by atoms with Crippen LogP contribution in [-0.2, 0) is 6.54 Å². The van der Waals surface area contributed by atoms with Crippen molar-refractivity contribution in [2.75, 3.05) is 0 Å². The van der Waals surface area contributed by atoms with Crippen LogP contribution in [0.2, 0.25) is 0 Å². The van der Waals surface area contributed by atoms with Gasteiger partial charge in [-0.15, -0.1) is 0 Å². The topological polar surface area (TPSA) is 59.6 Å². The highest BCUT2D eigenvalue weighted by Gasteiger charge is 2.10. The third kappa shape index (κ3) is 2.34. The Morgan fingerprint density at radius 2 is 2.11 bits per heavy atom. The van der Waals surface area contributed by atoms with E-state index in [1.54, 1.807) is 6.92 Å². The SMILES string of the molecule is Cc1noc(Cn2c(-c3ccccc3)c[nH]c2=S)n1. The summed E-state index contributed by atoms with van der Waals surface area (Å²) in [6.07, 6.45) is 1.89. The number of rotatable bonds is 3. The maximum atomic E-state index is 5.30. The van der Waals surface area contributed by atoms with Crippen LogP contribution in [0.4, 0.5) is 0 Å². The van der Waals surface area contributed by atoms with Crippen LogP contribution in [0.3, 0.4) is 0 Å². The third-order valence-corrected chi connectivity index (χ3v) is 3.14. The Morgan fingerprint density at radius 3 is 2.79 bits per heavy atom. The molecule has 19 heavy (non-hydrogen) atoms. The first kappa shape index (κ1) is 11.9. The summed E-state index contributed by atoms with van der Waals surface area (Å²) in [6.45, 7) is 2.26. The van der Waals surface area contributed by atoms with Gasteiger partial charge < -0.3 is 14.1 Å². The molecule has 0 atom stereocenters. The monoisotopic (exact) mass is 272 g/mol. The minimum Gasteiger partial charge on any atom is -0.337 e. The fourth-order valence-corrected chi connectivity index (χ4v) is 2.16. The molecule has 0 unspecified atom stereocenters. The number of aryl methyl sites for hydroxylation is 1. The number of imidazole rings is 1. The highest BCUT2D eigenvalue weighted by Crippen LogP contribution is 2.20. The molecule has 3 rings (SSSR count). The highest BCUT2D eigenvalue weighted by molar-refractivity contribution is 7.71. The van der Waals surface area contributed by atoms with Gasteiger partial charge >= 0.3 is 0 Å². The van der Waals surface area contributed by atoms with Crippen molar-refractivity contribution in [1.82, 2.24) is 19.7 Å². The number of aromatic amines is 1. The lowest BCUT2D eigenvalue weighted by Gasteiger charge is -2.05. The Kier molecular flexibility index (Phi) is 3.00. The van der Waals surface area contributed by atoms with E-state index in [9.17, 15) is 0 Å². The average molecular weight is 272 g/mol. The molecule has 0 aliphatic rings. The number of nitrogens with one attached hydrogen (secondary N) is 1. The molecule has 1 aromatic carbocycles. The van der Waals surface area contributed by atoms with Crippen LogP contribution >= 0.6 is 12.2 Å². The van der Waals surface area contributed by atoms with Crippen LogP contribution in [0.25, 0.3) is 11.3 Å². The minimum absolute atomic E-state index is 0.466. The Balaban J connectivity index is 2.02. The molecule has 5 nitrogen and oxygen atoms in total. The van der Waals surface area contributed by atoms with Crippen LogP contribution in [0.1, 0.15) is 11.7 Å². The average Bonchev–Trinajstić information content (AvgIpc) is 2.99. The van der Waals surface area contributed by atoms with Gasteiger partial charge in [0.15, 0.2) is 10.6 Å². The van der Waals surface area contributed by atoms with Gasteiger partial charge in [-0.05, 0) is 24.7 Å². The van der Waals surface area contributed by atoms with Crippen LogP contribution < -0.4 is 0 Å². The molecular formula is C13H12N4OS. The minimum atomic E-state index is 0.466. The van der Waals surface area contributed by atoms with Gasteiger partial charge in [-0.1, -0.05) is 35.5 Å². The van der Waals surface area contributed by atoms with Crippen molar-refractivity contribution in [3.63, 3.8) is 0 Å². The van der Waals surface area contributed by atoms with E-state index in [0.717, 1.165) is 11.3 Å². The molecule has 6 heteroatoms. The van der Waals surface area contributed by atoms with Gasteiger partial charge in [-0.25, -0.2) is 0 Å². The maximum Gasteiger partial charge on any atom is 0.246 e.